The first-order valence-electron chi connectivity index (χ1n) is 8.09. The summed E-state index contributed by atoms with van der Waals surface area (Å²) in [6, 6.07) is -0.397. The molecule has 0 unspecified atom stereocenters. The minimum atomic E-state index is -1.37. The highest BCUT2D eigenvalue weighted by molar-refractivity contribution is 5.77. The first-order valence-corrected chi connectivity index (χ1v) is 8.09. The summed E-state index contributed by atoms with van der Waals surface area (Å²) < 4.78 is 33.5. The van der Waals surface area contributed by atoms with Gasteiger partial charge in [0.2, 0.25) is 6.04 Å². The zero-order valence-corrected chi connectivity index (χ0v) is 14.6. The van der Waals surface area contributed by atoms with Crippen molar-refractivity contribution in [3.8, 4) is 0 Å². The van der Waals surface area contributed by atoms with Gasteiger partial charge in [0, 0.05) is 10.5 Å². The van der Waals surface area contributed by atoms with Crippen molar-refractivity contribution in [2.24, 2.45) is 11.3 Å². The van der Waals surface area contributed by atoms with E-state index in [1.165, 1.54) is 6.07 Å². The lowest BCUT2D eigenvalue weighted by atomic mass is 9.73. The number of carbonyl (C=O) groups is 1. The van der Waals surface area contributed by atoms with Gasteiger partial charge >= 0.3 is 5.97 Å². The summed E-state index contributed by atoms with van der Waals surface area (Å²) in [5.74, 6) is -3.23. The second-order valence-corrected chi connectivity index (χ2v) is 7.18. The quantitative estimate of drug-likeness (QED) is 0.510. The van der Waals surface area contributed by atoms with E-state index in [0.29, 0.717) is 0 Å². The van der Waals surface area contributed by atoms with E-state index < -0.39 is 57.5 Å². The van der Waals surface area contributed by atoms with Gasteiger partial charge in [0.15, 0.2) is 0 Å². The SMILES string of the molecule is CCOC(=O)[C@H]1N[C@@H](c2c(F)cccc2F)[C@@H]([N+](=O)[O-])[C@@H]1C(C)(C)C. The average molecular weight is 356 g/mol. The third-order valence-electron chi connectivity index (χ3n) is 4.52. The molecular formula is C17H22F2N2O4. The summed E-state index contributed by atoms with van der Waals surface area (Å²) in [5, 5.41) is 14.5. The van der Waals surface area contributed by atoms with Crippen molar-refractivity contribution in [3.63, 3.8) is 0 Å². The highest BCUT2D eigenvalue weighted by Gasteiger charge is 2.59. The first kappa shape index (κ1) is 19.2. The number of ether oxygens (including phenoxy) is 1. The average Bonchev–Trinajstić information content (AvgIpc) is 2.88. The van der Waals surface area contributed by atoms with Crippen molar-refractivity contribution >= 4 is 5.97 Å². The fraction of sp³-hybridized carbons (Fsp3) is 0.588. The van der Waals surface area contributed by atoms with Gasteiger partial charge in [0.25, 0.3) is 0 Å². The molecule has 0 amide bonds. The predicted molar refractivity (Wildman–Crippen MR) is 86.4 cm³/mol. The van der Waals surface area contributed by atoms with Crippen molar-refractivity contribution < 1.29 is 23.2 Å². The standard InChI is InChI=1S/C17H22F2N2O4/c1-5-25-16(22)14-12(17(2,3)4)15(21(23)24)13(20-14)11-9(18)7-6-8-10(11)19/h6-8,12-15,20H,5H2,1-4H3/t12-,13+,14+,15+/m1/s1. The highest BCUT2D eigenvalue weighted by atomic mass is 19.1. The highest BCUT2D eigenvalue weighted by Crippen LogP contribution is 2.44. The Kier molecular flexibility index (Phi) is 5.41. The van der Waals surface area contributed by atoms with E-state index in [1.807, 2.05) is 0 Å². The maximum atomic E-state index is 14.2. The molecule has 1 N–H and O–H groups in total. The topological polar surface area (TPSA) is 81.5 Å². The molecule has 0 aromatic heterocycles. The van der Waals surface area contributed by atoms with Crippen LogP contribution in [-0.4, -0.2) is 29.6 Å². The number of benzene rings is 1. The summed E-state index contributed by atoms with van der Waals surface area (Å²) in [6.45, 7) is 6.99. The fourth-order valence-corrected chi connectivity index (χ4v) is 3.57. The van der Waals surface area contributed by atoms with Gasteiger partial charge in [-0.25, -0.2) is 8.78 Å². The molecule has 1 aromatic carbocycles. The van der Waals surface area contributed by atoms with Crippen LogP contribution in [0.3, 0.4) is 0 Å². The van der Waals surface area contributed by atoms with Crippen molar-refractivity contribution in [1.82, 2.24) is 5.32 Å². The number of nitro groups is 1. The second kappa shape index (κ2) is 7.03. The van der Waals surface area contributed by atoms with Gasteiger partial charge in [0.1, 0.15) is 23.7 Å². The van der Waals surface area contributed by atoms with Crippen LogP contribution in [0, 0.1) is 33.1 Å². The predicted octanol–water partition coefficient (Wildman–Crippen LogP) is 2.85. The lowest BCUT2D eigenvalue weighted by Gasteiger charge is -2.31. The largest absolute Gasteiger partial charge is 0.465 e. The van der Waals surface area contributed by atoms with Crippen molar-refractivity contribution in [1.29, 1.82) is 0 Å². The van der Waals surface area contributed by atoms with Gasteiger partial charge in [-0.15, -0.1) is 0 Å². The Labute approximate surface area is 144 Å². The number of hydrogen-bond acceptors (Lipinski definition) is 5. The summed E-state index contributed by atoms with van der Waals surface area (Å²) in [7, 11) is 0. The lowest BCUT2D eigenvalue weighted by molar-refractivity contribution is -0.535. The number of hydrogen-bond donors (Lipinski definition) is 1. The number of nitrogens with zero attached hydrogens (tertiary/aromatic N) is 1. The van der Waals surface area contributed by atoms with Gasteiger partial charge in [-0.2, -0.15) is 0 Å². The van der Waals surface area contributed by atoms with E-state index in [2.05, 4.69) is 5.32 Å². The van der Waals surface area contributed by atoms with Gasteiger partial charge in [-0.3, -0.25) is 20.2 Å². The normalized spacial score (nSPS) is 26.5. The molecule has 8 heteroatoms. The molecule has 6 nitrogen and oxygen atoms in total. The van der Waals surface area contributed by atoms with Crippen LogP contribution in [0.4, 0.5) is 8.78 Å². The minimum absolute atomic E-state index is 0.107. The number of carbonyl (C=O) groups excluding carboxylic acids is 1. The Hall–Kier alpha value is -2.09. The van der Waals surface area contributed by atoms with Crippen molar-refractivity contribution in [3.05, 3.63) is 45.5 Å². The third kappa shape index (κ3) is 3.63. The molecular weight excluding hydrogens is 334 g/mol. The Bertz CT molecular complexity index is 655. The van der Waals surface area contributed by atoms with Gasteiger partial charge in [-0.05, 0) is 24.5 Å². The van der Waals surface area contributed by atoms with Gasteiger partial charge < -0.3 is 4.74 Å². The summed E-state index contributed by atoms with van der Waals surface area (Å²) >= 11 is 0. The van der Waals surface area contributed by atoms with Crippen LogP contribution >= 0.6 is 0 Å². The maximum absolute atomic E-state index is 14.2. The minimum Gasteiger partial charge on any atom is -0.465 e. The summed E-state index contributed by atoms with van der Waals surface area (Å²) in [5.41, 5.74) is -1.09. The molecule has 1 heterocycles. The van der Waals surface area contributed by atoms with Gasteiger partial charge in [0.05, 0.1) is 12.5 Å². The van der Waals surface area contributed by atoms with E-state index in [-0.39, 0.29) is 6.61 Å². The summed E-state index contributed by atoms with van der Waals surface area (Å²) in [6.07, 6.45) is 0. The number of rotatable bonds is 4. The molecule has 0 saturated carbocycles. The molecule has 0 radical (unpaired) electrons. The Morgan fingerprint density at radius 2 is 1.88 bits per heavy atom. The third-order valence-corrected chi connectivity index (χ3v) is 4.52. The van der Waals surface area contributed by atoms with Crippen LogP contribution in [0.5, 0.6) is 0 Å². The molecule has 1 aliphatic heterocycles. The van der Waals surface area contributed by atoms with Crippen LogP contribution in [0.25, 0.3) is 0 Å². The zero-order valence-electron chi connectivity index (χ0n) is 14.6. The molecule has 0 spiro atoms. The van der Waals surface area contributed by atoms with E-state index in [9.17, 15) is 23.7 Å². The number of esters is 1. The van der Waals surface area contributed by atoms with Gasteiger partial charge in [-0.1, -0.05) is 26.8 Å². The Balaban J connectivity index is 2.57. The van der Waals surface area contributed by atoms with E-state index in [1.54, 1.807) is 27.7 Å². The second-order valence-electron chi connectivity index (χ2n) is 7.18. The van der Waals surface area contributed by atoms with Crippen LogP contribution in [-0.2, 0) is 9.53 Å². The molecule has 1 saturated heterocycles. The van der Waals surface area contributed by atoms with Crippen molar-refractivity contribution in [2.75, 3.05) is 6.61 Å². The fourth-order valence-electron chi connectivity index (χ4n) is 3.57. The van der Waals surface area contributed by atoms with E-state index >= 15 is 0 Å². The summed E-state index contributed by atoms with van der Waals surface area (Å²) in [4.78, 5) is 23.5. The van der Waals surface area contributed by atoms with E-state index in [4.69, 9.17) is 4.74 Å². The first-order chi connectivity index (χ1) is 11.6. The number of nitrogens with one attached hydrogen (secondary N) is 1. The van der Waals surface area contributed by atoms with E-state index in [0.717, 1.165) is 12.1 Å². The molecule has 2 rings (SSSR count). The van der Waals surface area contributed by atoms with Crippen LogP contribution in [0.15, 0.2) is 18.2 Å². The molecule has 1 aromatic rings. The molecule has 1 aliphatic rings. The Morgan fingerprint density at radius 1 is 1.32 bits per heavy atom. The molecule has 0 aliphatic carbocycles. The molecule has 1 fully saturated rings. The smallest absolute Gasteiger partial charge is 0.323 e. The maximum Gasteiger partial charge on any atom is 0.323 e. The molecule has 0 bridgehead atoms. The molecule has 138 valence electrons. The molecule has 25 heavy (non-hydrogen) atoms. The molecule has 4 atom stereocenters. The van der Waals surface area contributed by atoms with Crippen LogP contribution in [0.1, 0.15) is 39.3 Å². The van der Waals surface area contributed by atoms with Crippen LogP contribution < -0.4 is 5.32 Å². The zero-order chi connectivity index (χ0) is 18.9. The van der Waals surface area contributed by atoms with Crippen LogP contribution in [0.2, 0.25) is 0 Å². The lowest BCUT2D eigenvalue weighted by Crippen LogP contribution is -2.45. The monoisotopic (exact) mass is 356 g/mol. The van der Waals surface area contributed by atoms with Crippen molar-refractivity contribution in [2.45, 2.75) is 45.8 Å². The Morgan fingerprint density at radius 3 is 2.32 bits per heavy atom. The number of halogens is 2.